The van der Waals surface area contributed by atoms with E-state index in [4.69, 9.17) is 16.3 Å². The summed E-state index contributed by atoms with van der Waals surface area (Å²) in [7, 11) is 0. The number of alkyl halides is 6. The van der Waals surface area contributed by atoms with Crippen LogP contribution in [-0.2, 0) is 16.4 Å². The third-order valence-electron chi connectivity index (χ3n) is 5.12. The van der Waals surface area contributed by atoms with Gasteiger partial charge in [0.25, 0.3) is 0 Å². The van der Waals surface area contributed by atoms with Gasteiger partial charge < -0.3 is 9.84 Å². The van der Waals surface area contributed by atoms with E-state index in [0.29, 0.717) is 19.3 Å². The molecule has 3 rings (SSSR count). The summed E-state index contributed by atoms with van der Waals surface area (Å²) in [5.74, 6) is -1.48. The summed E-state index contributed by atoms with van der Waals surface area (Å²) in [5, 5.41) is 9.40. The Labute approximate surface area is 172 Å². The molecule has 3 nitrogen and oxygen atoms in total. The first kappa shape index (κ1) is 22.3. The van der Waals surface area contributed by atoms with Gasteiger partial charge in [-0.1, -0.05) is 30.2 Å². The Morgan fingerprint density at radius 1 is 1.07 bits per heavy atom. The maximum atomic E-state index is 12.8. The molecule has 0 radical (unpaired) electrons. The molecule has 2 aromatic carbocycles. The number of carboxylic acids is 1. The largest absolute Gasteiger partial charge is 0.482 e. The molecule has 0 amide bonds. The minimum absolute atomic E-state index is 0.0111. The summed E-state index contributed by atoms with van der Waals surface area (Å²) in [5.41, 5.74) is -1.81. The predicted octanol–water partition coefficient (Wildman–Crippen LogP) is 6.47. The van der Waals surface area contributed by atoms with Crippen molar-refractivity contribution in [2.24, 2.45) is 0 Å². The molecule has 0 atom stereocenters. The lowest BCUT2D eigenvalue weighted by Gasteiger charge is -2.38. The Morgan fingerprint density at radius 2 is 1.67 bits per heavy atom. The highest BCUT2D eigenvalue weighted by Gasteiger charge is 2.46. The number of carboxylic acid groups (broad SMARTS) is 1. The zero-order chi connectivity index (χ0) is 22.3. The summed E-state index contributed by atoms with van der Waals surface area (Å²) in [6, 6.07) is 6.28. The van der Waals surface area contributed by atoms with Gasteiger partial charge in [-0.3, -0.25) is 4.79 Å². The first-order chi connectivity index (χ1) is 13.8. The van der Waals surface area contributed by atoms with Gasteiger partial charge in [0.2, 0.25) is 0 Å². The van der Waals surface area contributed by atoms with Crippen molar-refractivity contribution in [2.45, 2.75) is 37.0 Å². The quantitative estimate of drug-likeness (QED) is 0.529. The Hall–Kier alpha value is -2.42. The van der Waals surface area contributed by atoms with Gasteiger partial charge in [0.05, 0.1) is 16.0 Å². The molecule has 0 aromatic heterocycles. The van der Waals surface area contributed by atoms with Crippen LogP contribution in [0.4, 0.5) is 26.3 Å². The summed E-state index contributed by atoms with van der Waals surface area (Å²) >= 11 is 6.14. The Morgan fingerprint density at radius 3 is 2.10 bits per heavy atom. The van der Waals surface area contributed by atoms with Crippen molar-refractivity contribution in [1.29, 1.82) is 0 Å². The van der Waals surface area contributed by atoms with Gasteiger partial charge >= 0.3 is 18.3 Å². The highest BCUT2D eigenvalue weighted by molar-refractivity contribution is 6.32. The summed E-state index contributed by atoms with van der Waals surface area (Å²) in [4.78, 5) is 11.8. The molecule has 1 saturated carbocycles. The zero-order valence-electron chi connectivity index (χ0n) is 15.2. The van der Waals surface area contributed by atoms with E-state index in [0.717, 1.165) is 24.3 Å². The smallest absolute Gasteiger partial charge is 0.422 e. The van der Waals surface area contributed by atoms with Crippen LogP contribution in [0, 0.1) is 0 Å². The molecule has 1 fully saturated rings. The van der Waals surface area contributed by atoms with Crippen LogP contribution in [0.25, 0.3) is 11.1 Å². The van der Waals surface area contributed by atoms with Gasteiger partial charge in [-0.25, -0.2) is 0 Å². The molecule has 0 unspecified atom stereocenters. The number of hydrogen-bond acceptors (Lipinski definition) is 2. The third-order valence-corrected chi connectivity index (χ3v) is 5.40. The molecule has 162 valence electrons. The van der Waals surface area contributed by atoms with Crippen LogP contribution in [0.3, 0.4) is 0 Å². The van der Waals surface area contributed by atoms with E-state index in [9.17, 15) is 36.2 Å². The highest BCUT2D eigenvalue weighted by atomic mass is 35.5. The average molecular weight is 453 g/mol. The van der Waals surface area contributed by atoms with Gasteiger partial charge in [-0.2, -0.15) is 26.3 Å². The van der Waals surface area contributed by atoms with Crippen molar-refractivity contribution in [2.75, 3.05) is 6.61 Å². The summed E-state index contributed by atoms with van der Waals surface area (Å²) in [6.45, 7) is -1.66. The molecule has 1 aliphatic carbocycles. The number of benzene rings is 2. The molecule has 0 bridgehead atoms. The van der Waals surface area contributed by atoms with E-state index in [-0.39, 0.29) is 27.5 Å². The molecule has 0 aliphatic heterocycles. The SMILES string of the molecule is O=C(O)C1(c2cc(Cl)c(OCC(F)(F)F)c(-c3ccc(C(F)(F)F)cc3)c2)CCC1. The first-order valence-corrected chi connectivity index (χ1v) is 9.16. The molecule has 0 heterocycles. The van der Waals surface area contributed by atoms with Gasteiger partial charge in [0, 0.05) is 5.56 Å². The van der Waals surface area contributed by atoms with Crippen LogP contribution in [-0.4, -0.2) is 23.9 Å². The Kier molecular flexibility index (Phi) is 5.70. The standard InChI is InChI=1S/C20H15ClF6O3/c21-15-9-13(18(17(28)29)6-1-7-18)8-14(16(15)30-10-19(22,23)24)11-2-4-12(5-3-11)20(25,26)27/h2-5,8-9H,1,6-7,10H2,(H,28,29). The molecule has 30 heavy (non-hydrogen) atoms. The highest BCUT2D eigenvalue weighted by Crippen LogP contribution is 2.48. The first-order valence-electron chi connectivity index (χ1n) is 8.78. The van der Waals surface area contributed by atoms with Crippen molar-refractivity contribution < 1.29 is 41.0 Å². The monoisotopic (exact) mass is 452 g/mol. The molecule has 0 saturated heterocycles. The predicted molar refractivity (Wildman–Crippen MR) is 96.6 cm³/mol. The van der Waals surface area contributed by atoms with E-state index in [1.165, 1.54) is 12.1 Å². The third kappa shape index (κ3) is 4.35. The van der Waals surface area contributed by atoms with Crippen molar-refractivity contribution in [3.05, 3.63) is 52.5 Å². The number of rotatable bonds is 5. The topological polar surface area (TPSA) is 46.5 Å². The lowest BCUT2D eigenvalue weighted by atomic mass is 9.64. The van der Waals surface area contributed by atoms with Gasteiger partial charge in [-0.15, -0.1) is 0 Å². The van der Waals surface area contributed by atoms with E-state index in [1.54, 1.807) is 0 Å². The molecule has 2 aromatic rings. The normalized spacial score (nSPS) is 16.1. The van der Waals surface area contributed by atoms with Gasteiger partial charge in [0.1, 0.15) is 5.75 Å². The van der Waals surface area contributed by atoms with Crippen molar-refractivity contribution in [3.8, 4) is 16.9 Å². The lowest BCUT2D eigenvalue weighted by molar-refractivity contribution is -0.153. The lowest BCUT2D eigenvalue weighted by Crippen LogP contribution is -2.42. The number of halogens is 7. The van der Waals surface area contributed by atoms with Crippen molar-refractivity contribution in [1.82, 2.24) is 0 Å². The fourth-order valence-corrected chi connectivity index (χ4v) is 3.65. The number of carbonyl (C=O) groups is 1. The van der Waals surface area contributed by atoms with E-state index in [2.05, 4.69) is 0 Å². The fraction of sp³-hybridized carbons (Fsp3) is 0.350. The number of hydrogen-bond donors (Lipinski definition) is 1. The van der Waals surface area contributed by atoms with Crippen molar-refractivity contribution in [3.63, 3.8) is 0 Å². The van der Waals surface area contributed by atoms with Crippen LogP contribution in [0.1, 0.15) is 30.4 Å². The summed E-state index contributed by atoms with van der Waals surface area (Å²) in [6.07, 6.45) is -7.99. The maximum absolute atomic E-state index is 12.8. The van der Waals surface area contributed by atoms with Crippen LogP contribution in [0.5, 0.6) is 5.75 Å². The molecule has 10 heteroatoms. The van der Waals surface area contributed by atoms with Crippen LogP contribution >= 0.6 is 11.6 Å². The van der Waals surface area contributed by atoms with Gasteiger partial charge in [-0.05, 0) is 48.2 Å². The van der Waals surface area contributed by atoms with Crippen LogP contribution in [0.15, 0.2) is 36.4 Å². The fourth-order valence-electron chi connectivity index (χ4n) is 3.38. The molecular formula is C20H15ClF6O3. The molecular weight excluding hydrogens is 438 g/mol. The minimum atomic E-state index is -4.67. The van der Waals surface area contributed by atoms with Crippen LogP contribution in [0.2, 0.25) is 5.02 Å². The second kappa shape index (κ2) is 7.68. The number of aliphatic carboxylic acids is 1. The van der Waals surface area contributed by atoms with Crippen LogP contribution < -0.4 is 4.74 Å². The van der Waals surface area contributed by atoms with Gasteiger partial charge in [0.15, 0.2) is 6.61 Å². The zero-order valence-corrected chi connectivity index (χ0v) is 16.0. The van der Waals surface area contributed by atoms with E-state index >= 15 is 0 Å². The Balaban J connectivity index is 2.12. The Bertz CT molecular complexity index is 947. The average Bonchev–Trinajstić information content (AvgIpc) is 2.57. The molecule has 0 spiro atoms. The molecule has 1 aliphatic rings. The minimum Gasteiger partial charge on any atom is -0.482 e. The second-order valence-electron chi connectivity index (χ2n) is 7.05. The maximum Gasteiger partial charge on any atom is 0.422 e. The molecule has 1 N–H and O–H groups in total. The second-order valence-corrected chi connectivity index (χ2v) is 7.46. The van der Waals surface area contributed by atoms with E-state index in [1.807, 2.05) is 0 Å². The van der Waals surface area contributed by atoms with E-state index < -0.39 is 35.9 Å². The van der Waals surface area contributed by atoms with Crippen molar-refractivity contribution >= 4 is 17.6 Å². The summed E-state index contributed by atoms with van der Waals surface area (Å²) < 4.78 is 81.3. The number of ether oxygens (including phenoxy) is 1.